The molecule has 0 aliphatic rings. The van der Waals surface area contributed by atoms with Crippen molar-refractivity contribution in [3.05, 3.63) is 0 Å². The average molecular weight is 832 g/mol. The third-order valence-electron chi connectivity index (χ3n) is 14.4. The molecule has 0 aliphatic carbocycles. The third-order valence-corrected chi connectivity index (χ3v) is 14.4. The van der Waals surface area contributed by atoms with Crippen molar-refractivity contribution in [1.29, 1.82) is 0 Å². The maximum absolute atomic E-state index is 2.44. The summed E-state index contributed by atoms with van der Waals surface area (Å²) >= 11 is 0. The van der Waals surface area contributed by atoms with Crippen molar-refractivity contribution in [2.75, 3.05) is 26.2 Å². The molecule has 356 valence electrons. The minimum Gasteiger partial charge on any atom is -0.324 e. The van der Waals surface area contributed by atoms with Gasteiger partial charge in [-0.25, -0.2) is 0 Å². The van der Waals surface area contributed by atoms with Gasteiger partial charge in [-0.2, -0.15) is 0 Å². The summed E-state index contributed by atoms with van der Waals surface area (Å²) in [5.74, 6) is 0. The fourth-order valence-electron chi connectivity index (χ4n) is 10.2. The van der Waals surface area contributed by atoms with Crippen molar-refractivity contribution < 1.29 is 4.48 Å². The fraction of sp³-hybridized carbons (Fsp3) is 1.00. The van der Waals surface area contributed by atoms with E-state index >= 15 is 0 Å². The lowest BCUT2D eigenvalue weighted by Gasteiger charge is -2.39. The first-order valence-corrected chi connectivity index (χ1v) is 29.1. The number of nitrogens with zero attached hydrogens (tertiary/aromatic N) is 1. The molecule has 59 heavy (non-hydrogen) atoms. The lowest BCUT2D eigenvalue weighted by Crippen LogP contribution is -2.50. The van der Waals surface area contributed by atoms with E-state index in [9.17, 15) is 0 Å². The molecule has 0 amide bonds. The van der Waals surface area contributed by atoms with Gasteiger partial charge in [-0.05, 0) is 44.9 Å². The highest BCUT2D eigenvalue weighted by Crippen LogP contribution is 2.22. The first kappa shape index (κ1) is 59.0. The highest BCUT2D eigenvalue weighted by Gasteiger charge is 2.25. The molecule has 0 aromatic heterocycles. The lowest BCUT2D eigenvalue weighted by atomic mass is 10.0. The third kappa shape index (κ3) is 47.3. The van der Waals surface area contributed by atoms with Crippen molar-refractivity contribution in [1.82, 2.24) is 0 Å². The smallest absolute Gasteiger partial charge is 0.0786 e. The van der Waals surface area contributed by atoms with Crippen LogP contribution >= 0.6 is 0 Å². The summed E-state index contributed by atoms with van der Waals surface area (Å²) in [5.41, 5.74) is 0. The Kier molecular flexibility index (Phi) is 52.3. The molecule has 0 heterocycles. The molecule has 0 aliphatic heterocycles. The Hall–Kier alpha value is -0.0400. The first-order valence-electron chi connectivity index (χ1n) is 29.1. The van der Waals surface area contributed by atoms with Crippen LogP contribution in [0.2, 0.25) is 0 Å². The number of unbranched alkanes of at least 4 members (excludes halogenated alkanes) is 46. The van der Waals surface area contributed by atoms with Crippen LogP contribution in [0.5, 0.6) is 0 Å². The topological polar surface area (TPSA) is 0 Å². The second-order valence-electron chi connectivity index (χ2n) is 20.5. The van der Waals surface area contributed by atoms with Gasteiger partial charge in [-0.15, -0.1) is 0 Å². The van der Waals surface area contributed by atoms with Gasteiger partial charge in [0, 0.05) is 0 Å². The molecule has 0 N–H and O–H groups in total. The second kappa shape index (κ2) is 52.3. The Bertz CT molecular complexity index is 626. The van der Waals surface area contributed by atoms with E-state index < -0.39 is 0 Å². The van der Waals surface area contributed by atoms with Crippen molar-refractivity contribution in [3.63, 3.8) is 0 Å². The van der Waals surface area contributed by atoms with Gasteiger partial charge in [0.05, 0.1) is 26.2 Å². The molecule has 0 rings (SSSR count). The van der Waals surface area contributed by atoms with Crippen LogP contribution in [0.3, 0.4) is 0 Å². The van der Waals surface area contributed by atoms with Crippen LogP contribution in [0, 0.1) is 0 Å². The molecule has 0 saturated carbocycles. The van der Waals surface area contributed by atoms with Crippen LogP contribution in [0.15, 0.2) is 0 Å². The monoisotopic (exact) mass is 831 g/mol. The normalized spacial score (nSPS) is 12.0. The minimum atomic E-state index is 1.37. The van der Waals surface area contributed by atoms with E-state index in [0.29, 0.717) is 0 Å². The Morgan fingerprint density at radius 1 is 0.136 bits per heavy atom. The molecule has 0 aromatic carbocycles. The zero-order valence-electron chi connectivity index (χ0n) is 42.6. The summed E-state index contributed by atoms with van der Waals surface area (Å²) in [6, 6.07) is 0. The van der Waals surface area contributed by atoms with Crippen LogP contribution in [-0.4, -0.2) is 30.7 Å². The molecule has 0 bridgehead atoms. The Balaban J connectivity index is 4.40. The highest BCUT2D eigenvalue weighted by molar-refractivity contribution is 4.57. The quantitative estimate of drug-likeness (QED) is 0.0423. The van der Waals surface area contributed by atoms with E-state index in [1.807, 2.05) is 0 Å². The van der Waals surface area contributed by atoms with Gasteiger partial charge in [-0.1, -0.05) is 304 Å². The van der Waals surface area contributed by atoms with Gasteiger partial charge in [-0.3, -0.25) is 0 Å². The van der Waals surface area contributed by atoms with Gasteiger partial charge in [0.15, 0.2) is 0 Å². The molecule has 1 nitrogen and oxygen atoms in total. The number of quaternary nitrogens is 1. The molecular formula is C58H120N+. The molecular weight excluding hydrogens is 711 g/mol. The van der Waals surface area contributed by atoms with Gasteiger partial charge < -0.3 is 4.48 Å². The molecule has 0 unspecified atom stereocenters. The average Bonchev–Trinajstić information content (AvgIpc) is 3.25. The summed E-state index contributed by atoms with van der Waals surface area (Å²) in [5, 5.41) is 0. The van der Waals surface area contributed by atoms with Crippen molar-refractivity contribution in [2.24, 2.45) is 0 Å². The standard InChI is InChI=1S/C58H120N/c1-5-9-13-16-19-22-25-28-31-34-37-40-43-46-49-52-56-59(55-12-8-4,57-53-50-47-44-41-38-35-32-29-26-23-20-17-14-10-6-2)58-54-51-48-45-42-39-36-33-30-27-24-21-18-15-11-7-3/h5-58H2,1-4H3/q+1. The summed E-state index contributed by atoms with van der Waals surface area (Å²) in [4.78, 5) is 0. The number of hydrogen-bond donors (Lipinski definition) is 0. The Morgan fingerprint density at radius 2 is 0.254 bits per heavy atom. The summed E-state index contributed by atoms with van der Waals surface area (Å²) in [6.07, 6.45) is 73.7. The van der Waals surface area contributed by atoms with E-state index in [4.69, 9.17) is 0 Å². The highest BCUT2D eigenvalue weighted by atomic mass is 15.3. The largest absolute Gasteiger partial charge is 0.324 e. The lowest BCUT2D eigenvalue weighted by molar-refractivity contribution is -0.929. The SMILES string of the molecule is CCCCCCCCCCCCCCCCCC[N+](CCCC)(CCCCCCCCCCCCCCCCCC)CCCCCCCCCCCCCCCCCC. The maximum atomic E-state index is 2.44. The van der Waals surface area contributed by atoms with Gasteiger partial charge in [0.1, 0.15) is 0 Å². The van der Waals surface area contributed by atoms with Crippen molar-refractivity contribution in [2.45, 2.75) is 349 Å². The van der Waals surface area contributed by atoms with Gasteiger partial charge >= 0.3 is 0 Å². The minimum absolute atomic E-state index is 1.37. The van der Waals surface area contributed by atoms with Crippen LogP contribution in [-0.2, 0) is 0 Å². The van der Waals surface area contributed by atoms with Crippen LogP contribution in [0.4, 0.5) is 0 Å². The molecule has 1 heteroatoms. The van der Waals surface area contributed by atoms with Crippen LogP contribution in [0.1, 0.15) is 349 Å². The van der Waals surface area contributed by atoms with E-state index in [1.165, 1.54) is 352 Å². The molecule has 0 radical (unpaired) electrons. The summed E-state index contributed by atoms with van der Waals surface area (Å²) in [6.45, 7) is 15.3. The Morgan fingerprint density at radius 3 is 0.407 bits per heavy atom. The predicted molar refractivity (Wildman–Crippen MR) is 273 cm³/mol. The zero-order valence-corrected chi connectivity index (χ0v) is 42.6. The van der Waals surface area contributed by atoms with Gasteiger partial charge in [0.25, 0.3) is 0 Å². The Labute approximate surface area is 378 Å². The van der Waals surface area contributed by atoms with E-state index in [1.54, 1.807) is 0 Å². The van der Waals surface area contributed by atoms with Crippen molar-refractivity contribution >= 4 is 0 Å². The molecule has 0 fully saturated rings. The maximum Gasteiger partial charge on any atom is 0.0786 e. The van der Waals surface area contributed by atoms with Gasteiger partial charge in [0.2, 0.25) is 0 Å². The fourth-order valence-corrected chi connectivity index (χ4v) is 10.2. The van der Waals surface area contributed by atoms with E-state index in [-0.39, 0.29) is 0 Å². The van der Waals surface area contributed by atoms with Crippen LogP contribution < -0.4 is 0 Å². The molecule has 0 atom stereocenters. The molecule has 0 aromatic rings. The van der Waals surface area contributed by atoms with E-state index in [0.717, 1.165) is 0 Å². The summed E-state index contributed by atoms with van der Waals surface area (Å²) in [7, 11) is 0. The number of rotatable bonds is 54. The number of hydrogen-bond acceptors (Lipinski definition) is 0. The summed E-state index contributed by atoms with van der Waals surface area (Å²) < 4.78 is 1.48. The zero-order chi connectivity index (χ0) is 42.7. The predicted octanol–water partition coefficient (Wildman–Crippen LogP) is 21.4. The van der Waals surface area contributed by atoms with Crippen molar-refractivity contribution in [3.8, 4) is 0 Å². The molecule has 0 spiro atoms. The second-order valence-corrected chi connectivity index (χ2v) is 20.5. The van der Waals surface area contributed by atoms with Crippen LogP contribution in [0.25, 0.3) is 0 Å². The first-order chi connectivity index (χ1) is 29.2. The van der Waals surface area contributed by atoms with E-state index in [2.05, 4.69) is 27.7 Å². The molecule has 0 saturated heterocycles.